The summed E-state index contributed by atoms with van der Waals surface area (Å²) in [5.74, 6) is 0.825. The topological polar surface area (TPSA) is 55.4 Å². The largest absolute Gasteiger partial charge is 0.294 e. The highest BCUT2D eigenvalue weighted by molar-refractivity contribution is 7.99. The number of carbonyl (C=O) groups excluding carboxylic acids is 2. The van der Waals surface area contributed by atoms with Crippen LogP contribution < -0.4 is 5.48 Å². The van der Waals surface area contributed by atoms with Crippen LogP contribution >= 0.6 is 23.4 Å². The van der Waals surface area contributed by atoms with Crippen LogP contribution in [0.25, 0.3) is 0 Å². The molecule has 0 saturated heterocycles. The van der Waals surface area contributed by atoms with Crippen molar-refractivity contribution in [2.24, 2.45) is 5.92 Å². The SMILES string of the molecule is CCONC(C)=C1C(=O)CC(CCSc2ccc(Cl)cc2)CC1=O. The van der Waals surface area contributed by atoms with E-state index in [1.807, 2.05) is 31.2 Å². The lowest BCUT2D eigenvalue weighted by atomic mass is 9.82. The molecule has 0 atom stereocenters. The Hall–Kier alpha value is -1.30. The Bertz CT molecular complexity index is 608. The van der Waals surface area contributed by atoms with Crippen LogP contribution in [0.15, 0.2) is 40.4 Å². The van der Waals surface area contributed by atoms with Gasteiger partial charge in [0.2, 0.25) is 0 Å². The maximum atomic E-state index is 12.3. The average molecular weight is 368 g/mol. The fraction of sp³-hybridized carbons (Fsp3) is 0.444. The number of halogens is 1. The number of rotatable bonds is 7. The quantitative estimate of drug-likeness (QED) is 0.339. The first-order chi connectivity index (χ1) is 11.5. The lowest BCUT2D eigenvalue weighted by Gasteiger charge is -2.23. The van der Waals surface area contributed by atoms with E-state index in [9.17, 15) is 9.59 Å². The number of allylic oxidation sites excluding steroid dienone is 2. The van der Waals surface area contributed by atoms with E-state index in [-0.39, 0.29) is 23.1 Å². The monoisotopic (exact) mass is 367 g/mol. The van der Waals surface area contributed by atoms with Crippen molar-refractivity contribution in [2.45, 2.75) is 38.0 Å². The van der Waals surface area contributed by atoms with Crippen molar-refractivity contribution in [2.75, 3.05) is 12.4 Å². The second kappa shape index (κ2) is 9.25. The van der Waals surface area contributed by atoms with Crippen molar-refractivity contribution in [1.82, 2.24) is 5.48 Å². The third-order valence-electron chi connectivity index (χ3n) is 3.86. The molecule has 0 amide bonds. The highest BCUT2D eigenvalue weighted by atomic mass is 35.5. The first kappa shape index (κ1) is 19.0. The van der Waals surface area contributed by atoms with Crippen molar-refractivity contribution in [3.8, 4) is 0 Å². The van der Waals surface area contributed by atoms with Crippen LogP contribution in [0.3, 0.4) is 0 Å². The van der Waals surface area contributed by atoms with Gasteiger partial charge in [-0.1, -0.05) is 11.6 Å². The summed E-state index contributed by atoms with van der Waals surface area (Å²) in [6, 6.07) is 7.69. The van der Waals surface area contributed by atoms with E-state index in [0.717, 1.165) is 22.1 Å². The number of carbonyl (C=O) groups is 2. The molecule has 1 saturated carbocycles. The Kier molecular flexibility index (Phi) is 7.34. The summed E-state index contributed by atoms with van der Waals surface area (Å²) in [5.41, 5.74) is 3.45. The van der Waals surface area contributed by atoms with E-state index >= 15 is 0 Å². The van der Waals surface area contributed by atoms with Gasteiger partial charge in [0.25, 0.3) is 0 Å². The number of thioether (sulfide) groups is 1. The fourth-order valence-corrected chi connectivity index (χ4v) is 3.83. The molecule has 0 radical (unpaired) electrons. The number of benzene rings is 1. The Morgan fingerprint density at radius 1 is 1.25 bits per heavy atom. The van der Waals surface area contributed by atoms with E-state index < -0.39 is 0 Å². The molecule has 0 bridgehead atoms. The van der Waals surface area contributed by atoms with Crippen LogP contribution in [0, 0.1) is 5.92 Å². The average Bonchev–Trinajstić information content (AvgIpc) is 2.54. The predicted molar refractivity (Wildman–Crippen MR) is 97.0 cm³/mol. The molecule has 6 heteroatoms. The Balaban J connectivity index is 1.86. The summed E-state index contributed by atoms with van der Waals surface area (Å²) in [6.07, 6.45) is 1.69. The maximum Gasteiger partial charge on any atom is 0.168 e. The molecule has 1 fully saturated rings. The van der Waals surface area contributed by atoms with Crippen molar-refractivity contribution in [3.63, 3.8) is 0 Å². The van der Waals surface area contributed by atoms with Crippen LogP contribution in [0.5, 0.6) is 0 Å². The van der Waals surface area contributed by atoms with Gasteiger partial charge in [0, 0.05) is 28.5 Å². The molecule has 0 heterocycles. The fourth-order valence-electron chi connectivity index (χ4n) is 2.68. The molecule has 1 aliphatic rings. The van der Waals surface area contributed by atoms with Gasteiger partial charge in [0.1, 0.15) is 0 Å². The minimum atomic E-state index is -0.0857. The number of Topliss-reactive ketones (excluding diaryl/α,β-unsaturated/α-hetero) is 2. The van der Waals surface area contributed by atoms with Crippen molar-refractivity contribution >= 4 is 34.9 Å². The van der Waals surface area contributed by atoms with Crippen LogP contribution in [0.1, 0.15) is 33.1 Å². The standard InChI is InChI=1S/C18H22ClNO3S/c1-3-23-20-12(2)18-16(21)10-13(11-17(18)22)8-9-24-15-6-4-14(19)5-7-15/h4-7,13,20H,3,8-11H2,1-2H3. The molecule has 0 unspecified atom stereocenters. The molecule has 4 nitrogen and oxygen atoms in total. The lowest BCUT2D eigenvalue weighted by Crippen LogP contribution is -2.30. The molecule has 0 aromatic heterocycles. The molecule has 1 aromatic rings. The molecule has 0 spiro atoms. The molecule has 1 aromatic carbocycles. The number of hydrogen-bond donors (Lipinski definition) is 1. The first-order valence-corrected chi connectivity index (χ1v) is 9.41. The molecular weight excluding hydrogens is 346 g/mol. The highest BCUT2D eigenvalue weighted by Gasteiger charge is 2.31. The van der Waals surface area contributed by atoms with Crippen molar-refractivity contribution in [1.29, 1.82) is 0 Å². The molecule has 2 rings (SSSR count). The summed E-state index contributed by atoms with van der Waals surface area (Å²) in [7, 11) is 0. The van der Waals surface area contributed by atoms with Gasteiger partial charge < -0.3 is 0 Å². The molecule has 24 heavy (non-hydrogen) atoms. The summed E-state index contributed by atoms with van der Waals surface area (Å²) in [4.78, 5) is 30.8. The normalized spacial score (nSPS) is 18.0. The molecule has 0 aliphatic heterocycles. The zero-order chi connectivity index (χ0) is 17.5. The van der Waals surface area contributed by atoms with Crippen LogP contribution in [0.2, 0.25) is 5.02 Å². The summed E-state index contributed by atoms with van der Waals surface area (Å²) >= 11 is 7.59. The Labute approximate surface area is 151 Å². The van der Waals surface area contributed by atoms with E-state index in [2.05, 4.69) is 5.48 Å². The highest BCUT2D eigenvalue weighted by Crippen LogP contribution is 2.29. The van der Waals surface area contributed by atoms with Gasteiger partial charge in [-0.05, 0) is 56.2 Å². The smallest absolute Gasteiger partial charge is 0.168 e. The number of hydroxylamine groups is 1. The summed E-state index contributed by atoms with van der Waals surface area (Å²) in [6.45, 7) is 4.01. The van der Waals surface area contributed by atoms with Gasteiger partial charge >= 0.3 is 0 Å². The van der Waals surface area contributed by atoms with Gasteiger partial charge in [0.15, 0.2) is 11.6 Å². The minimum absolute atomic E-state index is 0.0857. The van der Waals surface area contributed by atoms with Crippen LogP contribution in [-0.4, -0.2) is 23.9 Å². The first-order valence-electron chi connectivity index (χ1n) is 8.04. The molecule has 130 valence electrons. The van der Waals surface area contributed by atoms with E-state index in [4.69, 9.17) is 16.4 Å². The molecular formula is C18H22ClNO3S. The van der Waals surface area contributed by atoms with Crippen LogP contribution in [-0.2, 0) is 14.4 Å². The lowest BCUT2D eigenvalue weighted by molar-refractivity contribution is -0.125. The summed E-state index contributed by atoms with van der Waals surface area (Å²) < 4.78 is 0. The van der Waals surface area contributed by atoms with Gasteiger partial charge in [-0.25, -0.2) is 0 Å². The third kappa shape index (κ3) is 5.36. The van der Waals surface area contributed by atoms with Crippen molar-refractivity contribution < 1.29 is 14.4 Å². The second-order valence-corrected chi connectivity index (χ2v) is 7.35. The summed E-state index contributed by atoms with van der Waals surface area (Å²) in [5, 5.41) is 0.721. The van der Waals surface area contributed by atoms with Gasteiger partial charge in [0.05, 0.1) is 12.2 Å². The van der Waals surface area contributed by atoms with E-state index in [1.165, 1.54) is 0 Å². The predicted octanol–water partition coefficient (Wildman–Crippen LogP) is 4.19. The van der Waals surface area contributed by atoms with Crippen molar-refractivity contribution in [3.05, 3.63) is 40.6 Å². The zero-order valence-electron chi connectivity index (χ0n) is 13.9. The van der Waals surface area contributed by atoms with E-state index in [0.29, 0.717) is 25.1 Å². The second-order valence-electron chi connectivity index (χ2n) is 5.75. The van der Waals surface area contributed by atoms with Gasteiger partial charge in [-0.2, -0.15) is 0 Å². The van der Waals surface area contributed by atoms with Gasteiger partial charge in [-0.15, -0.1) is 11.8 Å². The molecule has 1 N–H and O–H groups in total. The number of ketones is 2. The number of hydrogen-bond acceptors (Lipinski definition) is 5. The number of nitrogens with one attached hydrogen (secondary N) is 1. The minimum Gasteiger partial charge on any atom is -0.294 e. The Morgan fingerprint density at radius 3 is 2.46 bits per heavy atom. The third-order valence-corrected chi connectivity index (χ3v) is 5.16. The van der Waals surface area contributed by atoms with Gasteiger partial charge in [-0.3, -0.25) is 19.9 Å². The Morgan fingerprint density at radius 2 is 1.88 bits per heavy atom. The maximum absolute atomic E-state index is 12.3. The van der Waals surface area contributed by atoms with Crippen LogP contribution in [0.4, 0.5) is 0 Å². The zero-order valence-corrected chi connectivity index (χ0v) is 15.5. The van der Waals surface area contributed by atoms with E-state index in [1.54, 1.807) is 18.7 Å². The molecule has 1 aliphatic carbocycles.